The lowest BCUT2D eigenvalue weighted by molar-refractivity contribution is -0.120. The topological polar surface area (TPSA) is 53.5 Å². The number of hydrogen-bond donors (Lipinski definition) is 2. The normalized spacial score (nSPS) is 10.4. The second-order valence-electron chi connectivity index (χ2n) is 4.26. The number of rotatable bonds is 6. The molecule has 4 heteroatoms. The van der Waals surface area contributed by atoms with Gasteiger partial charge in [-0.3, -0.25) is 10.2 Å². The van der Waals surface area contributed by atoms with E-state index in [1.54, 1.807) is 6.21 Å². The molecule has 0 saturated carbocycles. The van der Waals surface area contributed by atoms with Gasteiger partial charge in [0.15, 0.2) is 0 Å². The zero-order valence-electron chi connectivity index (χ0n) is 11.1. The van der Waals surface area contributed by atoms with Crippen molar-refractivity contribution >= 4 is 17.8 Å². The van der Waals surface area contributed by atoms with E-state index >= 15 is 0 Å². The van der Waals surface area contributed by atoms with Gasteiger partial charge in [-0.15, -0.1) is 0 Å². The summed E-state index contributed by atoms with van der Waals surface area (Å²) >= 11 is 0. The first-order valence-electron chi connectivity index (χ1n) is 6.48. The summed E-state index contributed by atoms with van der Waals surface area (Å²) in [6.07, 6.45) is 2.02. The van der Waals surface area contributed by atoms with Crippen LogP contribution in [0, 0.1) is 0 Å². The molecule has 0 aliphatic rings. The van der Waals surface area contributed by atoms with Crippen LogP contribution in [0.1, 0.15) is 5.56 Å². The van der Waals surface area contributed by atoms with Gasteiger partial charge in [0.25, 0.3) is 0 Å². The van der Waals surface area contributed by atoms with Crippen molar-refractivity contribution in [1.82, 2.24) is 5.32 Å². The van der Waals surface area contributed by atoms with Crippen molar-refractivity contribution in [2.75, 3.05) is 12.0 Å². The third-order valence-corrected chi connectivity index (χ3v) is 2.66. The van der Waals surface area contributed by atoms with E-state index in [0.717, 1.165) is 11.3 Å². The molecule has 0 aliphatic carbocycles. The van der Waals surface area contributed by atoms with Crippen LogP contribution in [-0.2, 0) is 11.2 Å². The van der Waals surface area contributed by atoms with Gasteiger partial charge in [0, 0.05) is 6.21 Å². The highest BCUT2D eigenvalue weighted by Gasteiger charge is 2.00. The minimum Gasteiger partial charge on any atom is -0.351 e. The quantitative estimate of drug-likeness (QED) is 0.624. The first kappa shape index (κ1) is 13.8. The molecular weight excluding hydrogens is 250 g/mol. The van der Waals surface area contributed by atoms with Crippen molar-refractivity contribution in [3.63, 3.8) is 0 Å². The monoisotopic (exact) mass is 267 g/mol. The molecule has 1 amide bonds. The fraction of sp³-hybridized carbons (Fsp3) is 0.125. The SMILES string of the molecule is O=C(Cc1ccccc1)NCC=NNc1ccccc1. The summed E-state index contributed by atoms with van der Waals surface area (Å²) in [6, 6.07) is 19.3. The Bertz CT molecular complexity index is 552. The molecule has 0 spiro atoms. The average molecular weight is 267 g/mol. The highest BCUT2D eigenvalue weighted by Crippen LogP contribution is 2.03. The number of carbonyl (C=O) groups excluding carboxylic acids is 1. The van der Waals surface area contributed by atoms with Crippen LogP contribution < -0.4 is 10.7 Å². The smallest absolute Gasteiger partial charge is 0.224 e. The Labute approximate surface area is 118 Å². The molecule has 0 saturated heterocycles. The van der Waals surface area contributed by atoms with E-state index in [0.29, 0.717) is 13.0 Å². The lowest BCUT2D eigenvalue weighted by atomic mass is 10.1. The van der Waals surface area contributed by atoms with E-state index in [-0.39, 0.29) is 5.91 Å². The highest BCUT2D eigenvalue weighted by atomic mass is 16.1. The molecule has 0 heterocycles. The highest BCUT2D eigenvalue weighted by molar-refractivity contribution is 5.81. The molecule has 0 bridgehead atoms. The van der Waals surface area contributed by atoms with E-state index < -0.39 is 0 Å². The van der Waals surface area contributed by atoms with Crippen molar-refractivity contribution in [2.24, 2.45) is 5.10 Å². The Morgan fingerprint density at radius 1 is 1.00 bits per heavy atom. The number of benzene rings is 2. The van der Waals surface area contributed by atoms with Crippen LogP contribution in [0.4, 0.5) is 5.69 Å². The van der Waals surface area contributed by atoms with Crippen LogP contribution in [0.5, 0.6) is 0 Å². The molecule has 2 aromatic rings. The number of anilines is 1. The maximum absolute atomic E-state index is 11.7. The summed E-state index contributed by atoms with van der Waals surface area (Å²) in [7, 11) is 0. The van der Waals surface area contributed by atoms with E-state index in [4.69, 9.17) is 0 Å². The fourth-order valence-electron chi connectivity index (χ4n) is 1.68. The third kappa shape index (κ3) is 4.94. The maximum Gasteiger partial charge on any atom is 0.224 e. The molecule has 0 fully saturated rings. The molecule has 0 aromatic heterocycles. The average Bonchev–Trinajstić information content (AvgIpc) is 2.49. The van der Waals surface area contributed by atoms with Crippen molar-refractivity contribution in [3.8, 4) is 0 Å². The largest absolute Gasteiger partial charge is 0.351 e. The predicted molar refractivity (Wildman–Crippen MR) is 81.7 cm³/mol. The number of amides is 1. The van der Waals surface area contributed by atoms with Crippen molar-refractivity contribution in [1.29, 1.82) is 0 Å². The van der Waals surface area contributed by atoms with E-state index in [2.05, 4.69) is 15.8 Å². The minimum atomic E-state index is -0.0117. The molecule has 20 heavy (non-hydrogen) atoms. The molecule has 4 nitrogen and oxygen atoms in total. The number of hydrazone groups is 1. The summed E-state index contributed by atoms with van der Waals surface area (Å²) < 4.78 is 0. The zero-order chi connectivity index (χ0) is 14.0. The van der Waals surface area contributed by atoms with Gasteiger partial charge in [-0.25, -0.2) is 0 Å². The molecule has 2 rings (SSSR count). The zero-order valence-corrected chi connectivity index (χ0v) is 11.1. The molecular formula is C16H17N3O. The van der Waals surface area contributed by atoms with Gasteiger partial charge in [0.2, 0.25) is 5.91 Å². The van der Waals surface area contributed by atoms with Gasteiger partial charge in [0.1, 0.15) is 0 Å². The molecule has 2 N–H and O–H groups in total. The first-order valence-corrected chi connectivity index (χ1v) is 6.48. The van der Waals surface area contributed by atoms with Gasteiger partial charge >= 0.3 is 0 Å². The minimum absolute atomic E-state index is 0.0117. The van der Waals surface area contributed by atoms with Crippen LogP contribution in [-0.4, -0.2) is 18.7 Å². The van der Waals surface area contributed by atoms with Gasteiger partial charge in [-0.05, 0) is 17.7 Å². The summed E-state index contributed by atoms with van der Waals surface area (Å²) in [5.41, 5.74) is 4.81. The Morgan fingerprint density at radius 2 is 1.65 bits per heavy atom. The van der Waals surface area contributed by atoms with Gasteiger partial charge < -0.3 is 5.32 Å². The van der Waals surface area contributed by atoms with Crippen LogP contribution >= 0.6 is 0 Å². The van der Waals surface area contributed by atoms with Crippen LogP contribution in [0.15, 0.2) is 65.8 Å². The summed E-state index contributed by atoms with van der Waals surface area (Å²) in [6.45, 7) is 0.408. The second-order valence-corrected chi connectivity index (χ2v) is 4.26. The maximum atomic E-state index is 11.7. The number of carbonyl (C=O) groups is 1. The Hall–Kier alpha value is -2.62. The van der Waals surface area contributed by atoms with Gasteiger partial charge in [-0.2, -0.15) is 5.10 Å². The van der Waals surface area contributed by atoms with Crippen LogP contribution in [0.25, 0.3) is 0 Å². The number of nitrogens with one attached hydrogen (secondary N) is 2. The molecule has 102 valence electrons. The Kier molecular flexibility index (Phi) is 5.34. The number of hydrogen-bond acceptors (Lipinski definition) is 3. The lowest BCUT2D eigenvalue weighted by Gasteiger charge is -2.02. The second kappa shape index (κ2) is 7.74. The first-order chi connectivity index (χ1) is 9.84. The Balaban J connectivity index is 1.67. The summed E-state index contributed by atoms with van der Waals surface area (Å²) in [5, 5.41) is 6.82. The van der Waals surface area contributed by atoms with Gasteiger partial charge in [-0.1, -0.05) is 48.5 Å². The fourth-order valence-corrected chi connectivity index (χ4v) is 1.68. The number of para-hydroxylation sites is 1. The van der Waals surface area contributed by atoms with Crippen LogP contribution in [0.2, 0.25) is 0 Å². The van der Waals surface area contributed by atoms with Crippen molar-refractivity contribution < 1.29 is 4.79 Å². The molecule has 0 aliphatic heterocycles. The van der Waals surface area contributed by atoms with Gasteiger partial charge in [0.05, 0.1) is 18.7 Å². The molecule has 0 atom stereocenters. The van der Waals surface area contributed by atoms with Crippen molar-refractivity contribution in [2.45, 2.75) is 6.42 Å². The van der Waals surface area contributed by atoms with E-state index in [9.17, 15) is 4.79 Å². The summed E-state index contributed by atoms with van der Waals surface area (Å²) in [5.74, 6) is -0.0117. The lowest BCUT2D eigenvalue weighted by Crippen LogP contribution is -2.26. The number of nitrogens with zero attached hydrogens (tertiary/aromatic N) is 1. The van der Waals surface area contributed by atoms with E-state index in [1.807, 2.05) is 60.7 Å². The molecule has 0 unspecified atom stereocenters. The van der Waals surface area contributed by atoms with Crippen molar-refractivity contribution in [3.05, 3.63) is 66.2 Å². The summed E-state index contributed by atoms with van der Waals surface area (Å²) in [4.78, 5) is 11.7. The van der Waals surface area contributed by atoms with Crippen LogP contribution in [0.3, 0.4) is 0 Å². The standard InChI is InChI=1S/C16H17N3O/c20-16(13-14-7-3-1-4-8-14)17-11-12-18-19-15-9-5-2-6-10-15/h1-10,12,19H,11,13H2,(H,17,20). The van der Waals surface area contributed by atoms with E-state index in [1.165, 1.54) is 0 Å². The molecule has 0 radical (unpaired) electrons. The third-order valence-electron chi connectivity index (χ3n) is 2.66. The Morgan fingerprint density at radius 3 is 2.35 bits per heavy atom. The molecule has 2 aromatic carbocycles. The predicted octanol–water partition coefficient (Wildman–Crippen LogP) is 2.44.